The second kappa shape index (κ2) is 6.45. The molecule has 0 aliphatic rings. The van der Waals surface area contributed by atoms with Crippen molar-refractivity contribution in [2.24, 2.45) is 0 Å². The molecule has 1 heterocycles. The van der Waals surface area contributed by atoms with Crippen molar-refractivity contribution in [1.29, 1.82) is 0 Å². The lowest BCUT2D eigenvalue weighted by atomic mass is 10.1. The van der Waals surface area contributed by atoms with E-state index >= 15 is 0 Å². The van der Waals surface area contributed by atoms with Gasteiger partial charge < -0.3 is 14.4 Å². The molecular weight excluding hydrogens is 276 g/mol. The Labute approximate surface area is 129 Å². The maximum Gasteiger partial charge on any atom is 0.142 e. The maximum atomic E-state index is 10.6. The molecule has 1 aromatic heterocycles. The highest BCUT2D eigenvalue weighted by Gasteiger charge is 2.16. The highest BCUT2D eigenvalue weighted by Crippen LogP contribution is 2.24. The molecule has 0 spiro atoms. The van der Waals surface area contributed by atoms with Crippen LogP contribution < -0.4 is 4.74 Å². The number of aromatic nitrogens is 2. The summed E-state index contributed by atoms with van der Waals surface area (Å²) in [5, 5.41) is 10.6. The van der Waals surface area contributed by atoms with Gasteiger partial charge in [0.1, 0.15) is 17.7 Å². The monoisotopic (exact) mass is 294 g/mol. The van der Waals surface area contributed by atoms with Gasteiger partial charge in [-0.05, 0) is 23.3 Å². The van der Waals surface area contributed by atoms with Gasteiger partial charge in [0.25, 0.3) is 0 Å². The molecule has 1 N–H and O–H groups in total. The van der Waals surface area contributed by atoms with Crippen LogP contribution in [0.3, 0.4) is 0 Å². The van der Waals surface area contributed by atoms with Crippen molar-refractivity contribution in [3.63, 3.8) is 0 Å². The minimum Gasteiger partial charge on any atom is -0.497 e. The van der Waals surface area contributed by atoms with E-state index in [4.69, 9.17) is 4.74 Å². The number of ether oxygens (including phenoxy) is 1. The van der Waals surface area contributed by atoms with Crippen molar-refractivity contribution < 1.29 is 9.84 Å². The Balaban J connectivity index is 1.87. The van der Waals surface area contributed by atoms with Gasteiger partial charge in [0.2, 0.25) is 0 Å². The summed E-state index contributed by atoms with van der Waals surface area (Å²) in [6.45, 7) is 0.678. The molecule has 4 heteroatoms. The van der Waals surface area contributed by atoms with E-state index in [1.54, 1.807) is 13.3 Å². The molecule has 0 saturated heterocycles. The molecule has 0 radical (unpaired) electrons. The van der Waals surface area contributed by atoms with E-state index in [2.05, 4.69) is 17.1 Å². The first-order valence-corrected chi connectivity index (χ1v) is 7.15. The van der Waals surface area contributed by atoms with Crippen LogP contribution in [-0.2, 0) is 6.54 Å². The Hall–Kier alpha value is -2.59. The average molecular weight is 294 g/mol. The zero-order chi connectivity index (χ0) is 15.4. The first-order valence-electron chi connectivity index (χ1n) is 7.15. The standard InChI is InChI=1S/C18H18N2O2/c1-22-16-9-5-8-15(12-16)17(21)18-19-10-11-20(18)13-14-6-3-2-4-7-14/h2-12,17,21H,13H2,1H3/t17-/m0/s1. The van der Waals surface area contributed by atoms with Crippen LogP contribution in [-0.4, -0.2) is 21.8 Å². The molecule has 22 heavy (non-hydrogen) atoms. The highest BCUT2D eigenvalue weighted by atomic mass is 16.5. The molecule has 0 bridgehead atoms. The predicted molar refractivity (Wildman–Crippen MR) is 84.8 cm³/mol. The number of imidazole rings is 1. The second-order valence-corrected chi connectivity index (χ2v) is 5.08. The van der Waals surface area contributed by atoms with Gasteiger partial charge in [-0.25, -0.2) is 4.98 Å². The molecule has 4 nitrogen and oxygen atoms in total. The summed E-state index contributed by atoms with van der Waals surface area (Å²) in [6.07, 6.45) is 2.81. The largest absolute Gasteiger partial charge is 0.497 e. The van der Waals surface area contributed by atoms with Crippen molar-refractivity contribution in [2.45, 2.75) is 12.6 Å². The Morgan fingerprint density at radius 2 is 1.95 bits per heavy atom. The van der Waals surface area contributed by atoms with Crippen molar-refractivity contribution >= 4 is 0 Å². The van der Waals surface area contributed by atoms with Crippen molar-refractivity contribution in [2.75, 3.05) is 7.11 Å². The van der Waals surface area contributed by atoms with E-state index < -0.39 is 6.10 Å². The van der Waals surface area contributed by atoms with E-state index in [9.17, 15) is 5.11 Å². The molecule has 0 unspecified atom stereocenters. The number of aliphatic hydroxyl groups excluding tert-OH is 1. The fourth-order valence-corrected chi connectivity index (χ4v) is 2.44. The van der Waals surface area contributed by atoms with E-state index in [1.807, 2.05) is 53.2 Å². The summed E-state index contributed by atoms with van der Waals surface area (Å²) >= 11 is 0. The molecule has 0 fully saturated rings. The molecule has 0 amide bonds. The number of rotatable bonds is 5. The summed E-state index contributed by atoms with van der Waals surface area (Å²) in [6, 6.07) is 17.5. The molecule has 2 aromatic carbocycles. The topological polar surface area (TPSA) is 47.3 Å². The quantitative estimate of drug-likeness (QED) is 0.787. The molecule has 3 aromatic rings. The van der Waals surface area contributed by atoms with Gasteiger partial charge >= 0.3 is 0 Å². The zero-order valence-electron chi connectivity index (χ0n) is 12.4. The second-order valence-electron chi connectivity index (χ2n) is 5.08. The smallest absolute Gasteiger partial charge is 0.142 e. The van der Waals surface area contributed by atoms with Crippen molar-refractivity contribution in [1.82, 2.24) is 9.55 Å². The van der Waals surface area contributed by atoms with Crippen LogP contribution in [0, 0.1) is 0 Å². The number of benzene rings is 2. The lowest BCUT2D eigenvalue weighted by Gasteiger charge is -2.14. The van der Waals surface area contributed by atoms with Crippen molar-refractivity contribution in [3.05, 3.63) is 83.9 Å². The first kappa shape index (κ1) is 14.4. The van der Waals surface area contributed by atoms with Crippen LogP contribution in [0.15, 0.2) is 67.0 Å². The van der Waals surface area contributed by atoms with Gasteiger partial charge in [-0.15, -0.1) is 0 Å². The molecule has 1 atom stereocenters. The lowest BCUT2D eigenvalue weighted by molar-refractivity contribution is 0.205. The van der Waals surface area contributed by atoms with Gasteiger partial charge in [-0.3, -0.25) is 0 Å². The van der Waals surface area contributed by atoms with Gasteiger partial charge in [-0.2, -0.15) is 0 Å². The predicted octanol–water partition coefficient (Wildman–Crippen LogP) is 3.02. The highest BCUT2D eigenvalue weighted by molar-refractivity contribution is 5.32. The van der Waals surface area contributed by atoms with Gasteiger partial charge in [0, 0.05) is 18.9 Å². The number of hydrogen-bond acceptors (Lipinski definition) is 3. The molecule has 0 aliphatic heterocycles. The van der Waals surface area contributed by atoms with Crippen LogP contribution >= 0.6 is 0 Å². The van der Waals surface area contributed by atoms with E-state index in [0.29, 0.717) is 12.4 Å². The third kappa shape index (κ3) is 3.02. The van der Waals surface area contributed by atoms with E-state index in [-0.39, 0.29) is 0 Å². The van der Waals surface area contributed by atoms with Crippen LogP contribution in [0.4, 0.5) is 0 Å². The molecule has 3 rings (SSSR count). The van der Waals surface area contributed by atoms with Gasteiger partial charge in [0.05, 0.1) is 7.11 Å². The minimum absolute atomic E-state index is 0.622. The van der Waals surface area contributed by atoms with Gasteiger partial charge in [-0.1, -0.05) is 42.5 Å². The number of hydrogen-bond donors (Lipinski definition) is 1. The van der Waals surface area contributed by atoms with Crippen LogP contribution in [0.25, 0.3) is 0 Å². The summed E-state index contributed by atoms with van der Waals surface area (Å²) in [5.41, 5.74) is 1.93. The normalized spacial score (nSPS) is 12.1. The SMILES string of the molecule is COc1cccc([C@H](O)c2nccn2Cc2ccccc2)c1. The van der Waals surface area contributed by atoms with Crippen LogP contribution in [0.2, 0.25) is 0 Å². The maximum absolute atomic E-state index is 10.6. The first-order chi connectivity index (χ1) is 10.8. The third-order valence-electron chi connectivity index (χ3n) is 3.60. The number of aliphatic hydroxyl groups is 1. The Morgan fingerprint density at radius 1 is 1.14 bits per heavy atom. The summed E-state index contributed by atoms with van der Waals surface area (Å²) < 4.78 is 7.17. The molecule has 0 saturated carbocycles. The number of nitrogens with zero attached hydrogens (tertiary/aromatic N) is 2. The lowest BCUT2D eigenvalue weighted by Crippen LogP contribution is -2.10. The van der Waals surface area contributed by atoms with Crippen LogP contribution in [0.5, 0.6) is 5.75 Å². The van der Waals surface area contributed by atoms with E-state index in [1.165, 1.54) is 5.56 Å². The summed E-state index contributed by atoms with van der Waals surface area (Å²) in [5.74, 6) is 1.34. The van der Waals surface area contributed by atoms with Crippen molar-refractivity contribution in [3.8, 4) is 5.75 Å². The number of methoxy groups -OCH3 is 1. The Kier molecular flexibility index (Phi) is 4.21. The molecule has 0 aliphatic carbocycles. The molecule has 112 valence electrons. The summed E-state index contributed by atoms with van der Waals surface area (Å²) in [7, 11) is 1.61. The summed E-state index contributed by atoms with van der Waals surface area (Å²) in [4.78, 5) is 4.32. The third-order valence-corrected chi connectivity index (χ3v) is 3.60. The average Bonchev–Trinajstić information content (AvgIpc) is 3.03. The zero-order valence-corrected chi connectivity index (χ0v) is 12.4. The Morgan fingerprint density at radius 3 is 2.73 bits per heavy atom. The molecular formula is C18H18N2O2. The fourth-order valence-electron chi connectivity index (χ4n) is 2.44. The Bertz CT molecular complexity index is 738. The van der Waals surface area contributed by atoms with Crippen LogP contribution in [0.1, 0.15) is 23.1 Å². The minimum atomic E-state index is -0.784. The van der Waals surface area contributed by atoms with E-state index in [0.717, 1.165) is 11.3 Å². The van der Waals surface area contributed by atoms with Gasteiger partial charge in [0.15, 0.2) is 0 Å². The fraction of sp³-hybridized carbons (Fsp3) is 0.167.